The van der Waals surface area contributed by atoms with E-state index in [1.807, 2.05) is 0 Å². The van der Waals surface area contributed by atoms with Crippen molar-refractivity contribution in [3.8, 4) is 5.75 Å². The molecular weight excluding hydrogens is 424 g/mol. The van der Waals surface area contributed by atoms with Gasteiger partial charge < -0.3 is 25.0 Å². The number of carbonyl (C=O) groups is 2. The first-order chi connectivity index (χ1) is 15.2. The van der Waals surface area contributed by atoms with Crippen LogP contribution in [0, 0.1) is 23.5 Å². The number of nitrogens with one attached hydrogen (secondary N) is 1. The van der Waals surface area contributed by atoms with Crippen LogP contribution in [-0.2, 0) is 13.1 Å². The molecule has 2 aromatic rings. The molecule has 1 aliphatic heterocycles. The van der Waals surface area contributed by atoms with E-state index in [2.05, 4.69) is 12.2 Å². The summed E-state index contributed by atoms with van der Waals surface area (Å²) in [6.45, 7) is 1.97. The fourth-order valence-corrected chi connectivity index (χ4v) is 4.02. The molecule has 1 aliphatic carbocycles. The zero-order valence-electron chi connectivity index (χ0n) is 17.3. The first kappa shape index (κ1) is 21.9. The van der Waals surface area contributed by atoms with Gasteiger partial charge in [0.2, 0.25) is 5.43 Å². The van der Waals surface area contributed by atoms with Crippen LogP contribution in [0.4, 0.5) is 8.78 Å². The van der Waals surface area contributed by atoms with Crippen LogP contribution >= 0.6 is 0 Å². The molecule has 2 amide bonds. The van der Waals surface area contributed by atoms with Crippen molar-refractivity contribution in [2.24, 2.45) is 11.8 Å². The van der Waals surface area contributed by atoms with Gasteiger partial charge in [-0.1, -0.05) is 13.0 Å². The third kappa shape index (κ3) is 4.10. The highest BCUT2D eigenvalue weighted by atomic mass is 19.1. The average molecular weight is 447 g/mol. The first-order valence-corrected chi connectivity index (χ1v) is 10.3. The molecule has 2 aliphatic rings. The number of rotatable bonds is 6. The molecule has 1 aromatic heterocycles. The van der Waals surface area contributed by atoms with E-state index in [4.69, 9.17) is 0 Å². The molecule has 4 rings (SSSR count). The Bertz CT molecular complexity index is 1150. The molecular formula is C22H23F2N3O5. The van der Waals surface area contributed by atoms with E-state index in [0.29, 0.717) is 24.4 Å². The van der Waals surface area contributed by atoms with Gasteiger partial charge in [-0.25, -0.2) is 8.78 Å². The molecule has 3 unspecified atom stereocenters. The molecule has 0 radical (unpaired) electrons. The summed E-state index contributed by atoms with van der Waals surface area (Å²) in [5.41, 5.74) is -1.79. The smallest absolute Gasteiger partial charge is 0.276 e. The van der Waals surface area contributed by atoms with Gasteiger partial charge in [0.15, 0.2) is 11.4 Å². The summed E-state index contributed by atoms with van der Waals surface area (Å²) in [5, 5.41) is 23.2. The Labute approximate surface area is 182 Å². The topological polar surface area (TPSA) is 112 Å². The van der Waals surface area contributed by atoms with Crippen LogP contribution in [0.1, 0.15) is 46.2 Å². The summed E-state index contributed by atoms with van der Waals surface area (Å²) >= 11 is 0. The minimum atomic E-state index is -1.17. The van der Waals surface area contributed by atoms with E-state index in [1.165, 1.54) is 9.47 Å². The number of halogens is 2. The maximum Gasteiger partial charge on any atom is 0.276 e. The van der Waals surface area contributed by atoms with Gasteiger partial charge in [-0.15, -0.1) is 0 Å². The number of pyridine rings is 1. The number of aliphatic hydroxyl groups excluding tert-OH is 1. The molecule has 32 heavy (non-hydrogen) atoms. The van der Waals surface area contributed by atoms with Crippen molar-refractivity contribution in [2.75, 3.05) is 6.54 Å². The van der Waals surface area contributed by atoms with E-state index in [-0.39, 0.29) is 24.3 Å². The second kappa shape index (κ2) is 8.34. The Hall–Kier alpha value is -3.27. The number of hydrogen-bond acceptors (Lipinski definition) is 5. The van der Waals surface area contributed by atoms with Crippen molar-refractivity contribution in [3.63, 3.8) is 0 Å². The predicted molar refractivity (Wildman–Crippen MR) is 109 cm³/mol. The van der Waals surface area contributed by atoms with Crippen molar-refractivity contribution in [3.05, 3.63) is 63.1 Å². The lowest BCUT2D eigenvalue weighted by molar-refractivity contribution is -0.0134. The van der Waals surface area contributed by atoms with Gasteiger partial charge >= 0.3 is 0 Å². The Morgan fingerprint density at radius 3 is 2.66 bits per heavy atom. The Kier molecular flexibility index (Phi) is 5.72. The number of aliphatic hydroxyl groups is 1. The lowest BCUT2D eigenvalue weighted by atomic mass is 10.1. The molecule has 0 saturated heterocycles. The zero-order valence-corrected chi connectivity index (χ0v) is 17.3. The molecule has 1 fully saturated rings. The summed E-state index contributed by atoms with van der Waals surface area (Å²) in [6.07, 6.45) is 1.71. The lowest BCUT2D eigenvalue weighted by Crippen LogP contribution is -2.49. The molecule has 0 bridgehead atoms. The Morgan fingerprint density at radius 1 is 1.28 bits per heavy atom. The first-order valence-electron chi connectivity index (χ1n) is 10.3. The largest absolute Gasteiger partial charge is 0.503 e. The average Bonchev–Trinajstić information content (AvgIpc) is 3.44. The van der Waals surface area contributed by atoms with Crippen LogP contribution in [0.2, 0.25) is 0 Å². The molecule has 2 heterocycles. The van der Waals surface area contributed by atoms with Crippen molar-refractivity contribution < 1.29 is 28.6 Å². The van der Waals surface area contributed by atoms with Gasteiger partial charge in [0.25, 0.3) is 11.8 Å². The third-order valence-corrected chi connectivity index (χ3v) is 6.16. The number of hydrogen-bond donors (Lipinski definition) is 3. The molecule has 3 atom stereocenters. The number of aromatic nitrogens is 1. The third-order valence-electron chi connectivity index (χ3n) is 6.16. The van der Waals surface area contributed by atoms with E-state index in [1.54, 1.807) is 0 Å². The van der Waals surface area contributed by atoms with E-state index < -0.39 is 46.4 Å². The molecule has 10 heteroatoms. The van der Waals surface area contributed by atoms with Crippen LogP contribution in [-0.4, -0.2) is 44.3 Å². The van der Waals surface area contributed by atoms with Crippen molar-refractivity contribution >= 4 is 11.8 Å². The monoisotopic (exact) mass is 447 g/mol. The van der Waals surface area contributed by atoms with Gasteiger partial charge in [0.1, 0.15) is 23.4 Å². The fourth-order valence-electron chi connectivity index (χ4n) is 4.02. The summed E-state index contributed by atoms with van der Waals surface area (Å²) in [6, 6.07) is 2.87. The normalized spacial score (nSPS) is 21.9. The van der Waals surface area contributed by atoms with Gasteiger partial charge in [0.05, 0.1) is 6.54 Å². The maximum atomic E-state index is 13.8. The van der Waals surface area contributed by atoms with Crippen molar-refractivity contribution in [1.29, 1.82) is 0 Å². The van der Waals surface area contributed by atoms with Gasteiger partial charge in [0, 0.05) is 30.9 Å². The molecule has 3 N–H and O–H groups in total. The zero-order chi connectivity index (χ0) is 23.2. The Morgan fingerprint density at radius 2 is 2.00 bits per heavy atom. The van der Waals surface area contributed by atoms with Gasteiger partial charge in [-0.05, 0) is 30.7 Å². The Balaban J connectivity index is 1.54. The number of benzene rings is 1. The highest BCUT2D eigenvalue weighted by Gasteiger charge is 2.38. The van der Waals surface area contributed by atoms with Crippen LogP contribution in [0.5, 0.6) is 5.75 Å². The molecule has 1 aromatic carbocycles. The second-order valence-electron chi connectivity index (χ2n) is 8.38. The highest BCUT2D eigenvalue weighted by Crippen LogP contribution is 2.40. The van der Waals surface area contributed by atoms with Crippen LogP contribution in [0.15, 0.2) is 29.2 Å². The number of carbonyl (C=O) groups excluding carboxylic acids is 2. The highest BCUT2D eigenvalue weighted by molar-refractivity contribution is 5.99. The number of fused-ring (bicyclic) bond motifs is 1. The van der Waals surface area contributed by atoms with Gasteiger partial charge in [-0.3, -0.25) is 14.4 Å². The molecule has 0 spiro atoms. The predicted octanol–water partition coefficient (Wildman–Crippen LogP) is 1.58. The maximum absolute atomic E-state index is 13.8. The number of nitrogens with zero attached hydrogens (tertiary/aromatic N) is 2. The molecule has 1 saturated carbocycles. The minimum absolute atomic E-state index is 0.00765. The fraction of sp³-hybridized carbons (Fsp3) is 0.409. The second-order valence-corrected chi connectivity index (χ2v) is 8.38. The van der Waals surface area contributed by atoms with Crippen molar-refractivity contribution in [2.45, 2.75) is 39.1 Å². The summed E-state index contributed by atoms with van der Waals surface area (Å²) in [7, 11) is 0. The van der Waals surface area contributed by atoms with Crippen LogP contribution in [0.25, 0.3) is 0 Å². The van der Waals surface area contributed by atoms with Crippen LogP contribution in [0.3, 0.4) is 0 Å². The molecule has 170 valence electrons. The lowest BCUT2D eigenvalue weighted by Gasteiger charge is -2.35. The summed E-state index contributed by atoms with van der Waals surface area (Å²) in [5.74, 6) is -3.02. The summed E-state index contributed by atoms with van der Waals surface area (Å²) < 4.78 is 28.0. The van der Waals surface area contributed by atoms with Crippen LogP contribution < -0.4 is 10.7 Å². The number of amides is 2. The minimum Gasteiger partial charge on any atom is -0.503 e. The molecule has 8 nitrogen and oxygen atoms in total. The van der Waals surface area contributed by atoms with E-state index >= 15 is 0 Å². The van der Waals surface area contributed by atoms with Gasteiger partial charge in [-0.2, -0.15) is 0 Å². The quantitative estimate of drug-likeness (QED) is 0.623. The standard InChI is InChI=1S/C22H23F2N3O5/c1-11-6-12(11)4-5-27-17(28)10-26-9-15(19(29)20(30)18(26)22(27)32)21(31)25-8-13-2-3-14(23)7-16(13)24/h2-3,7,9,11-12,17,28,30H,4-6,8,10H2,1H3,(H,25,31). The summed E-state index contributed by atoms with van der Waals surface area (Å²) in [4.78, 5) is 39.1. The van der Waals surface area contributed by atoms with Crippen molar-refractivity contribution in [1.82, 2.24) is 14.8 Å². The SMILES string of the molecule is CC1CC1CCN1C(=O)c2c(O)c(=O)c(C(=O)NCc3ccc(F)cc3F)cn2CC1O. The number of aromatic hydroxyl groups is 1. The van der Waals surface area contributed by atoms with E-state index in [0.717, 1.165) is 31.2 Å². The van der Waals surface area contributed by atoms with E-state index in [9.17, 15) is 33.4 Å².